The Morgan fingerprint density at radius 3 is 1.86 bits per heavy atom. The van der Waals surface area contributed by atoms with E-state index < -0.39 is 21.8 Å². The van der Waals surface area contributed by atoms with Gasteiger partial charge in [0.05, 0.1) is 11.5 Å². The van der Waals surface area contributed by atoms with E-state index in [1.54, 1.807) is 24.3 Å². The summed E-state index contributed by atoms with van der Waals surface area (Å²) < 4.78 is 31.8. The molecule has 0 bridgehead atoms. The molecule has 9 heteroatoms. The Morgan fingerprint density at radius 1 is 0.897 bits per heavy atom. The molecule has 2 aromatic rings. The number of hydrazine groups is 1. The van der Waals surface area contributed by atoms with E-state index in [1.165, 1.54) is 28.6 Å². The van der Waals surface area contributed by atoms with Crippen LogP contribution in [0.5, 0.6) is 5.75 Å². The van der Waals surface area contributed by atoms with E-state index in [-0.39, 0.29) is 10.5 Å². The molecule has 1 saturated heterocycles. The molecule has 0 radical (unpaired) electrons. The summed E-state index contributed by atoms with van der Waals surface area (Å²) in [6, 6.07) is 12.1. The smallest absolute Gasteiger partial charge is 0.269 e. The SMILES string of the molecule is CCOc1ccc(C(=O)NNC(=O)c2ccc(S(=O)(=O)N3CCCC3)cc2)cc1. The highest BCUT2D eigenvalue weighted by Crippen LogP contribution is 2.21. The number of carbonyl (C=O) groups excluding carboxylic acids is 2. The molecule has 1 fully saturated rings. The van der Waals surface area contributed by atoms with Gasteiger partial charge in [-0.15, -0.1) is 0 Å². The van der Waals surface area contributed by atoms with Crippen LogP contribution in [0.1, 0.15) is 40.5 Å². The van der Waals surface area contributed by atoms with E-state index in [2.05, 4.69) is 10.9 Å². The van der Waals surface area contributed by atoms with Crippen LogP contribution < -0.4 is 15.6 Å². The van der Waals surface area contributed by atoms with E-state index in [0.29, 0.717) is 31.0 Å². The average molecular weight is 417 g/mol. The molecule has 1 aliphatic rings. The second kappa shape index (κ2) is 9.06. The lowest BCUT2D eigenvalue weighted by Crippen LogP contribution is -2.41. The molecule has 0 aliphatic carbocycles. The number of carbonyl (C=O) groups is 2. The summed E-state index contributed by atoms with van der Waals surface area (Å²) in [4.78, 5) is 24.5. The van der Waals surface area contributed by atoms with E-state index in [4.69, 9.17) is 4.74 Å². The van der Waals surface area contributed by atoms with Gasteiger partial charge in [0, 0.05) is 24.2 Å². The highest BCUT2D eigenvalue weighted by Gasteiger charge is 2.27. The van der Waals surface area contributed by atoms with Gasteiger partial charge in [-0.05, 0) is 68.3 Å². The van der Waals surface area contributed by atoms with Gasteiger partial charge in [-0.1, -0.05) is 0 Å². The molecule has 8 nitrogen and oxygen atoms in total. The van der Waals surface area contributed by atoms with Crippen molar-refractivity contribution in [2.45, 2.75) is 24.7 Å². The molecule has 2 N–H and O–H groups in total. The molecule has 29 heavy (non-hydrogen) atoms. The number of nitrogens with one attached hydrogen (secondary N) is 2. The maximum Gasteiger partial charge on any atom is 0.269 e. The molecule has 0 aromatic heterocycles. The summed E-state index contributed by atoms with van der Waals surface area (Å²) in [5, 5.41) is 0. The van der Waals surface area contributed by atoms with Crippen LogP contribution in [0.2, 0.25) is 0 Å². The summed E-state index contributed by atoms with van der Waals surface area (Å²) in [7, 11) is -3.53. The molecule has 0 saturated carbocycles. The zero-order chi connectivity index (χ0) is 20.9. The molecule has 1 aliphatic heterocycles. The Morgan fingerprint density at radius 2 is 1.38 bits per heavy atom. The first kappa shape index (κ1) is 20.8. The van der Waals surface area contributed by atoms with Crippen molar-refractivity contribution in [3.63, 3.8) is 0 Å². The lowest BCUT2D eigenvalue weighted by Gasteiger charge is -2.15. The van der Waals surface area contributed by atoms with Crippen molar-refractivity contribution < 1.29 is 22.7 Å². The van der Waals surface area contributed by atoms with Crippen LogP contribution in [0.3, 0.4) is 0 Å². The van der Waals surface area contributed by atoms with Crippen LogP contribution in [-0.2, 0) is 10.0 Å². The normalized spacial score (nSPS) is 14.4. The van der Waals surface area contributed by atoms with Crippen LogP contribution in [0.15, 0.2) is 53.4 Å². The van der Waals surface area contributed by atoms with Crippen molar-refractivity contribution in [2.75, 3.05) is 19.7 Å². The van der Waals surface area contributed by atoms with Gasteiger partial charge in [-0.3, -0.25) is 20.4 Å². The van der Waals surface area contributed by atoms with Crippen LogP contribution in [0.4, 0.5) is 0 Å². The highest BCUT2D eigenvalue weighted by atomic mass is 32.2. The zero-order valence-electron chi connectivity index (χ0n) is 16.1. The highest BCUT2D eigenvalue weighted by molar-refractivity contribution is 7.89. The maximum atomic E-state index is 12.5. The number of hydrogen-bond donors (Lipinski definition) is 2. The number of hydrogen-bond acceptors (Lipinski definition) is 5. The summed E-state index contributed by atoms with van der Waals surface area (Å²) >= 11 is 0. The van der Waals surface area contributed by atoms with E-state index in [0.717, 1.165) is 12.8 Å². The van der Waals surface area contributed by atoms with Crippen LogP contribution >= 0.6 is 0 Å². The van der Waals surface area contributed by atoms with Crippen LogP contribution in [0.25, 0.3) is 0 Å². The Hall–Kier alpha value is -2.91. The van der Waals surface area contributed by atoms with Crippen LogP contribution in [0, 0.1) is 0 Å². The van der Waals surface area contributed by atoms with Crippen molar-refractivity contribution in [2.24, 2.45) is 0 Å². The van der Waals surface area contributed by atoms with Crippen molar-refractivity contribution in [3.8, 4) is 5.75 Å². The van der Waals surface area contributed by atoms with Gasteiger partial charge < -0.3 is 4.74 Å². The zero-order valence-corrected chi connectivity index (χ0v) is 16.9. The summed E-state index contributed by atoms with van der Waals surface area (Å²) in [5.41, 5.74) is 5.25. The van der Waals surface area contributed by atoms with Gasteiger partial charge in [0.15, 0.2) is 0 Å². The predicted molar refractivity (Wildman–Crippen MR) is 107 cm³/mol. The van der Waals surface area contributed by atoms with Crippen molar-refractivity contribution in [3.05, 3.63) is 59.7 Å². The monoisotopic (exact) mass is 417 g/mol. The fraction of sp³-hybridized carbons (Fsp3) is 0.300. The number of ether oxygens (including phenoxy) is 1. The minimum absolute atomic E-state index is 0.148. The van der Waals surface area contributed by atoms with Gasteiger partial charge in [-0.25, -0.2) is 8.42 Å². The Balaban J connectivity index is 1.58. The van der Waals surface area contributed by atoms with E-state index >= 15 is 0 Å². The third-order valence-corrected chi connectivity index (χ3v) is 6.45. The quantitative estimate of drug-likeness (QED) is 0.699. The Kier molecular flexibility index (Phi) is 6.50. The standard InChI is InChI=1S/C20H23N3O5S/c1-2-28-17-9-5-15(6-10-17)19(24)21-22-20(25)16-7-11-18(12-8-16)29(26,27)23-13-3-4-14-23/h5-12H,2-4,13-14H2,1H3,(H,21,24)(H,22,25). The van der Waals surface area contributed by atoms with Gasteiger partial charge in [0.2, 0.25) is 10.0 Å². The first-order valence-electron chi connectivity index (χ1n) is 9.35. The molecule has 3 rings (SSSR count). The minimum atomic E-state index is -3.53. The molecule has 2 amide bonds. The number of nitrogens with zero attached hydrogens (tertiary/aromatic N) is 1. The molecule has 0 spiro atoms. The van der Waals surface area contributed by atoms with Gasteiger partial charge in [-0.2, -0.15) is 4.31 Å². The van der Waals surface area contributed by atoms with Crippen molar-refractivity contribution >= 4 is 21.8 Å². The third-order valence-electron chi connectivity index (χ3n) is 4.54. The maximum absolute atomic E-state index is 12.5. The van der Waals surface area contributed by atoms with Gasteiger partial charge in [0.1, 0.15) is 5.75 Å². The summed E-state index contributed by atoms with van der Waals surface area (Å²) in [5.74, 6) is -0.374. The third kappa shape index (κ3) is 4.93. The molecule has 1 heterocycles. The lowest BCUT2D eigenvalue weighted by molar-refractivity contribution is 0.0846. The lowest BCUT2D eigenvalue weighted by atomic mass is 10.2. The molecular weight excluding hydrogens is 394 g/mol. The number of amides is 2. The first-order chi connectivity index (χ1) is 13.9. The Bertz CT molecular complexity index is 966. The van der Waals surface area contributed by atoms with E-state index in [1.807, 2.05) is 6.92 Å². The Labute approximate surface area is 169 Å². The molecule has 2 aromatic carbocycles. The molecule has 154 valence electrons. The second-order valence-electron chi connectivity index (χ2n) is 6.50. The van der Waals surface area contributed by atoms with Gasteiger partial charge in [0.25, 0.3) is 11.8 Å². The topological polar surface area (TPSA) is 105 Å². The van der Waals surface area contributed by atoms with E-state index in [9.17, 15) is 18.0 Å². The van der Waals surface area contributed by atoms with Crippen molar-refractivity contribution in [1.82, 2.24) is 15.2 Å². The number of benzene rings is 2. The predicted octanol–water partition coefficient (Wildman–Crippen LogP) is 1.94. The first-order valence-corrected chi connectivity index (χ1v) is 10.8. The number of sulfonamides is 1. The summed E-state index contributed by atoms with van der Waals surface area (Å²) in [6.45, 7) is 3.43. The number of rotatable bonds is 6. The average Bonchev–Trinajstić information content (AvgIpc) is 3.28. The second-order valence-corrected chi connectivity index (χ2v) is 8.44. The minimum Gasteiger partial charge on any atom is -0.494 e. The van der Waals surface area contributed by atoms with Crippen molar-refractivity contribution in [1.29, 1.82) is 0 Å². The largest absolute Gasteiger partial charge is 0.494 e. The fourth-order valence-electron chi connectivity index (χ4n) is 2.98. The summed E-state index contributed by atoms with van der Waals surface area (Å²) in [6.07, 6.45) is 1.71. The van der Waals surface area contributed by atoms with Crippen LogP contribution in [-0.4, -0.2) is 44.2 Å². The molecule has 0 atom stereocenters. The fourth-order valence-corrected chi connectivity index (χ4v) is 4.50. The molecule has 0 unspecified atom stereocenters. The molecular formula is C20H23N3O5S. The van der Waals surface area contributed by atoms with Gasteiger partial charge >= 0.3 is 0 Å².